The minimum Gasteiger partial charge on any atom is -0.298 e. The Bertz CT molecular complexity index is 740. The van der Waals surface area contributed by atoms with Gasteiger partial charge in [0, 0.05) is 19.6 Å². The van der Waals surface area contributed by atoms with E-state index in [1.165, 1.54) is 35.1 Å². The number of rotatable bonds is 4. The molecule has 1 aliphatic heterocycles. The number of hydrogen-bond donors (Lipinski definition) is 0. The van der Waals surface area contributed by atoms with E-state index in [-0.39, 0.29) is 0 Å². The van der Waals surface area contributed by atoms with E-state index in [1.807, 2.05) is 0 Å². The summed E-state index contributed by atoms with van der Waals surface area (Å²) in [6.45, 7) is 3.38. The second-order valence-corrected chi connectivity index (χ2v) is 7.82. The summed E-state index contributed by atoms with van der Waals surface area (Å²) in [7, 11) is 0. The predicted octanol–water partition coefficient (Wildman–Crippen LogP) is 5.91. The van der Waals surface area contributed by atoms with Gasteiger partial charge in [0.1, 0.15) is 0 Å². The monoisotopic (exact) mass is 351 g/mol. The lowest BCUT2D eigenvalue weighted by molar-refractivity contribution is 0.248. The zero-order valence-corrected chi connectivity index (χ0v) is 15.3. The van der Waals surface area contributed by atoms with Crippen molar-refractivity contribution in [2.45, 2.75) is 19.4 Å². The van der Waals surface area contributed by atoms with E-state index in [9.17, 15) is 0 Å². The molecule has 0 aliphatic carbocycles. The van der Waals surface area contributed by atoms with Gasteiger partial charge in [0.05, 0.1) is 0 Å². The van der Waals surface area contributed by atoms with Gasteiger partial charge < -0.3 is 0 Å². The Morgan fingerprint density at radius 1 is 0.833 bits per heavy atom. The van der Waals surface area contributed by atoms with Crippen molar-refractivity contribution in [2.75, 3.05) is 13.1 Å². The maximum atomic E-state index is 2.58. The van der Waals surface area contributed by atoms with E-state index in [2.05, 4.69) is 68.9 Å². The highest BCUT2D eigenvalue weighted by atomic mass is 32.1. The third-order valence-electron chi connectivity index (χ3n) is 4.68. The minimum atomic E-state index is 1.07. The van der Waals surface area contributed by atoms with Crippen LogP contribution in [0, 0.1) is 0 Å². The Morgan fingerprint density at radius 3 is 2.00 bits per heavy atom. The fraction of sp³-hybridized carbons (Fsp3) is 0.238. The quantitative estimate of drug-likeness (QED) is 0.565. The molecular formula is C21H21NS2. The van der Waals surface area contributed by atoms with Crippen LogP contribution in [0.2, 0.25) is 0 Å². The molecule has 0 unspecified atom stereocenters. The lowest BCUT2D eigenvalue weighted by Gasteiger charge is -2.30. The number of thiophene rings is 2. The van der Waals surface area contributed by atoms with Gasteiger partial charge in [-0.1, -0.05) is 35.9 Å². The van der Waals surface area contributed by atoms with Crippen molar-refractivity contribution in [1.82, 2.24) is 4.90 Å². The van der Waals surface area contributed by atoms with Gasteiger partial charge in [-0.05, 0) is 68.8 Å². The standard InChI is InChI=1S/C21H21NS2/c1-2-4-17(5-3-1)14-22-10-6-18(7-11-22)21(19-8-12-23-15-19)20-9-13-24-16-20/h1-5,8-9,12-13,15-16H,6-7,10-11,14H2. The van der Waals surface area contributed by atoms with Crippen molar-refractivity contribution in [3.05, 3.63) is 86.2 Å². The lowest BCUT2D eigenvalue weighted by Crippen LogP contribution is -2.30. The number of hydrogen-bond acceptors (Lipinski definition) is 3. The van der Waals surface area contributed by atoms with Crippen LogP contribution in [-0.2, 0) is 6.54 Å². The summed E-state index contributed by atoms with van der Waals surface area (Å²) in [4.78, 5) is 2.58. The molecule has 3 heteroatoms. The molecule has 1 nitrogen and oxygen atoms in total. The highest BCUT2D eigenvalue weighted by Gasteiger charge is 2.19. The molecule has 1 aliphatic rings. The van der Waals surface area contributed by atoms with Gasteiger partial charge in [-0.25, -0.2) is 0 Å². The number of piperidine rings is 1. The Balaban J connectivity index is 1.53. The van der Waals surface area contributed by atoms with Gasteiger partial charge in [0.15, 0.2) is 0 Å². The molecule has 0 N–H and O–H groups in total. The van der Waals surface area contributed by atoms with E-state index in [0.717, 1.165) is 19.6 Å². The summed E-state index contributed by atoms with van der Waals surface area (Å²) in [6.07, 6.45) is 2.35. The van der Waals surface area contributed by atoms with Crippen LogP contribution < -0.4 is 0 Å². The highest BCUT2D eigenvalue weighted by molar-refractivity contribution is 7.08. The fourth-order valence-corrected chi connectivity index (χ4v) is 4.75. The van der Waals surface area contributed by atoms with Crippen molar-refractivity contribution < 1.29 is 0 Å². The SMILES string of the molecule is c1ccc(CN2CCC(=C(c3ccsc3)c3ccsc3)CC2)cc1. The minimum absolute atomic E-state index is 1.07. The van der Waals surface area contributed by atoms with Crippen LogP contribution in [0.25, 0.3) is 5.57 Å². The zero-order valence-electron chi connectivity index (χ0n) is 13.7. The summed E-state index contributed by atoms with van der Waals surface area (Å²) in [5.74, 6) is 0. The van der Waals surface area contributed by atoms with E-state index >= 15 is 0 Å². The average molecular weight is 352 g/mol. The van der Waals surface area contributed by atoms with E-state index in [0.29, 0.717) is 0 Å². The van der Waals surface area contributed by atoms with Crippen LogP contribution in [0.15, 0.2) is 69.6 Å². The molecule has 1 fully saturated rings. The van der Waals surface area contributed by atoms with Crippen LogP contribution >= 0.6 is 22.7 Å². The van der Waals surface area contributed by atoms with Crippen LogP contribution in [-0.4, -0.2) is 18.0 Å². The number of likely N-dealkylation sites (tertiary alicyclic amines) is 1. The Labute approximate surface area is 151 Å². The molecule has 1 aromatic carbocycles. The largest absolute Gasteiger partial charge is 0.298 e. The normalized spacial score (nSPS) is 15.6. The fourth-order valence-electron chi connectivity index (χ4n) is 3.46. The molecule has 3 heterocycles. The number of nitrogens with zero attached hydrogens (tertiary/aromatic N) is 1. The molecule has 1 saturated heterocycles. The van der Waals surface area contributed by atoms with Gasteiger partial charge in [-0.3, -0.25) is 4.90 Å². The zero-order chi connectivity index (χ0) is 16.2. The first-order chi connectivity index (χ1) is 11.9. The van der Waals surface area contributed by atoms with Gasteiger partial charge in [-0.15, -0.1) is 0 Å². The molecule has 0 radical (unpaired) electrons. The van der Waals surface area contributed by atoms with Gasteiger partial charge in [-0.2, -0.15) is 22.7 Å². The summed E-state index contributed by atoms with van der Waals surface area (Å²) in [6, 6.07) is 15.4. The maximum Gasteiger partial charge on any atom is 0.0233 e. The van der Waals surface area contributed by atoms with Crippen molar-refractivity contribution in [2.24, 2.45) is 0 Å². The van der Waals surface area contributed by atoms with Crippen LogP contribution in [0.1, 0.15) is 29.5 Å². The van der Waals surface area contributed by atoms with Gasteiger partial charge in [0.2, 0.25) is 0 Å². The molecule has 0 saturated carbocycles. The van der Waals surface area contributed by atoms with Crippen LogP contribution in [0.4, 0.5) is 0 Å². The van der Waals surface area contributed by atoms with E-state index in [4.69, 9.17) is 0 Å². The molecule has 0 amide bonds. The summed E-state index contributed by atoms with van der Waals surface area (Å²) in [5.41, 5.74) is 7.31. The molecule has 122 valence electrons. The average Bonchev–Trinajstić information content (AvgIpc) is 3.32. The van der Waals surface area contributed by atoms with Crippen LogP contribution in [0.5, 0.6) is 0 Å². The smallest absolute Gasteiger partial charge is 0.0233 e. The summed E-state index contributed by atoms with van der Waals surface area (Å²) >= 11 is 3.58. The molecule has 2 aromatic heterocycles. The Morgan fingerprint density at radius 2 is 1.46 bits per heavy atom. The van der Waals surface area contributed by atoms with Crippen molar-refractivity contribution in [3.63, 3.8) is 0 Å². The topological polar surface area (TPSA) is 3.24 Å². The maximum absolute atomic E-state index is 2.58. The van der Waals surface area contributed by atoms with Crippen molar-refractivity contribution in [1.29, 1.82) is 0 Å². The summed E-state index contributed by atoms with van der Waals surface area (Å²) in [5, 5.41) is 8.95. The van der Waals surface area contributed by atoms with Crippen LogP contribution in [0.3, 0.4) is 0 Å². The Hall–Kier alpha value is -1.68. The van der Waals surface area contributed by atoms with E-state index < -0.39 is 0 Å². The van der Waals surface area contributed by atoms with Gasteiger partial charge in [0.25, 0.3) is 0 Å². The second-order valence-electron chi connectivity index (χ2n) is 6.26. The number of benzene rings is 1. The second kappa shape index (κ2) is 7.47. The molecule has 0 bridgehead atoms. The first kappa shape index (κ1) is 15.8. The van der Waals surface area contributed by atoms with Crippen molar-refractivity contribution >= 4 is 28.2 Å². The molecule has 4 rings (SSSR count). The van der Waals surface area contributed by atoms with Gasteiger partial charge >= 0.3 is 0 Å². The third-order valence-corrected chi connectivity index (χ3v) is 6.05. The first-order valence-corrected chi connectivity index (χ1v) is 10.3. The predicted molar refractivity (Wildman–Crippen MR) is 106 cm³/mol. The summed E-state index contributed by atoms with van der Waals surface area (Å²) < 4.78 is 0. The highest BCUT2D eigenvalue weighted by Crippen LogP contribution is 2.34. The first-order valence-electron chi connectivity index (χ1n) is 8.43. The Kier molecular flexibility index (Phi) is 4.93. The molecule has 0 spiro atoms. The third kappa shape index (κ3) is 3.54. The molecule has 24 heavy (non-hydrogen) atoms. The van der Waals surface area contributed by atoms with Crippen molar-refractivity contribution in [3.8, 4) is 0 Å². The molecule has 0 atom stereocenters. The molecule has 3 aromatic rings. The van der Waals surface area contributed by atoms with E-state index in [1.54, 1.807) is 28.2 Å². The lowest BCUT2D eigenvalue weighted by atomic mass is 9.91. The molecular weight excluding hydrogens is 330 g/mol.